The van der Waals surface area contributed by atoms with Gasteiger partial charge in [0.15, 0.2) is 0 Å². The van der Waals surface area contributed by atoms with Gasteiger partial charge in [-0.15, -0.1) is 0 Å². The lowest BCUT2D eigenvalue weighted by atomic mass is 9.90. The maximum atomic E-state index is 5.90. The average molecular weight is 398 g/mol. The first kappa shape index (κ1) is 18.9. The van der Waals surface area contributed by atoms with Gasteiger partial charge in [-0.1, -0.05) is 36.4 Å². The minimum Gasteiger partial charge on any atom is -0.489 e. The molecule has 0 spiro atoms. The minimum atomic E-state index is 0.581. The standard InChI is InChI=1S/C26H27N3O/c1-2-4-19(5-3-1)18-30-24-9-6-21(7-10-24)25-11-8-22-16-23(17-28-26(22)29-25)20-12-14-27-15-13-20/h1-7,9-11,16-17,20,27H,8,12-15,18H2,(H,28,29). The summed E-state index contributed by atoms with van der Waals surface area (Å²) in [6.45, 7) is 2.79. The number of nitrogens with one attached hydrogen (secondary N) is 2. The summed E-state index contributed by atoms with van der Waals surface area (Å²) in [7, 11) is 0. The molecule has 2 aliphatic rings. The molecule has 2 aliphatic heterocycles. The number of hydrogen-bond acceptors (Lipinski definition) is 4. The van der Waals surface area contributed by atoms with Gasteiger partial charge in [-0.25, -0.2) is 4.98 Å². The van der Waals surface area contributed by atoms with Gasteiger partial charge < -0.3 is 15.4 Å². The molecule has 2 N–H and O–H groups in total. The van der Waals surface area contributed by atoms with Crippen LogP contribution in [0.4, 0.5) is 5.82 Å². The second-order valence-electron chi connectivity index (χ2n) is 8.05. The van der Waals surface area contributed by atoms with E-state index in [0.717, 1.165) is 42.3 Å². The fourth-order valence-corrected chi connectivity index (χ4v) is 4.23. The van der Waals surface area contributed by atoms with Gasteiger partial charge in [0.1, 0.15) is 18.2 Å². The van der Waals surface area contributed by atoms with Crippen LogP contribution in [0, 0.1) is 0 Å². The van der Waals surface area contributed by atoms with Crippen molar-refractivity contribution in [2.45, 2.75) is 31.8 Å². The van der Waals surface area contributed by atoms with Crippen molar-refractivity contribution in [1.29, 1.82) is 0 Å². The fraction of sp³-hybridized carbons (Fsp3) is 0.269. The average Bonchev–Trinajstić information content (AvgIpc) is 2.84. The van der Waals surface area contributed by atoms with Crippen LogP contribution in [0.1, 0.15) is 41.0 Å². The van der Waals surface area contributed by atoms with E-state index in [2.05, 4.69) is 53.2 Å². The number of benzene rings is 2. The monoisotopic (exact) mass is 397 g/mol. The van der Waals surface area contributed by atoms with Crippen LogP contribution < -0.4 is 15.4 Å². The van der Waals surface area contributed by atoms with Gasteiger partial charge in [0.25, 0.3) is 0 Å². The first-order valence-electron chi connectivity index (χ1n) is 10.8. The van der Waals surface area contributed by atoms with E-state index >= 15 is 0 Å². The molecule has 0 unspecified atom stereocenters. The van der Waals surface area contributed by atoms with Crippen molar-refractivity contribution in [2.24, 2.45) is 0 Å². The van der Waals surface area contributed by atoms with E-state index in [1.54, 1.807) is 0 Å². The summed E-state index contributed by atoms with van der Waals surface area (Å²) in [4.78, 5) is 4.75. The highest BCUT2D eigenvalue weighted by Crippen LogP contribution is 2.31. The Kier molecular flexibility index (Phi) is 5.49. The summed E-state index contributed by atoms with van der Waals surface area (Å²) in [6, 6.07) is 20.9. The number of allylic oxidation sites excluding steroid dienone is 1. The molecule has 0 atom stereocenters. The summed E-state index contributed by atoms with van der Waals surface area (Å²) >= 11 is 0. The zero-order chi connectivity index (χ0) is 20.2. The molecular weight excluding hydrogens is 370 g/mol. The molecule has 2 aromatic carbocycles. The van der Waals surface area contributed by atoms with Gasteiger partial charge in [-0.3, -0.25) is 0 Å². The molecule has 152 valence electrons. The lowest BCUT2D eigenvalue weighted by molar-refractivity contribution is 0.306. The van der Waals surface area contributed by atoms with E-state index in [1.807, 2.05) is 30.3 Å². The van der Waals surface area contributed by atoms with Crippen LogP contribution in [-0.2, 0) is 13.0 Å². The summed E-state index contributed by atoms with van der Waals surface area (Å²) < 4.78 is 5.90. The maximum Gasteiger partial charge on any atom is 0.133 e. The van der Waals surface area contributed by atoms with Crippen molar-refractivity contribution in [3.05, 3.63) is 95.2 Å². The van der Waals surface area contributed by atoms with E-state index < -0.39 is 0 Å². The Bertz CT molecular complexity index is 1020. The molecule has 0 radical (unpaired) electrons. The number of ether oxygens (including phenoxy) is 1. The lowest BCUT2D eigenvalue weighted by Crippen LogP contribution is -2.26. The molecule has 4 nitrogen and oxygen atoms in total. The van der Waals surface area contributed by atoms with Gasteiger partial charge >= 0.3 is 0 Å². The van der Waals surface area contributed by atoms with Crippen molar-refractivity contribution in [2.75, 3.05) is 18.4 Å². The van der Waals surface area contributed by atoms with Crippen LogP contribution in [-0.4, -0.2) is 18.1 Å². The Hall–Kier alpha value is -3.11. The van der Waals surface area contributed by atoms with E-state index in [9.17, 15) is 0 Å². The van der Waals surface area contributed by atoms with Gasteiger partial charge in [0.05, 0.1) is 0 Å². The fourth-order valence-electron chi connectivity index (χ4n) is 4.23. The molecule has 0 saturated carbocycles. The Balaban J connectivity index is 1.24. The molecule has 0 bridgehead atoms. The van der Waals surface area contributed by atoms with Gasteiger partial charge in [-0.05, 0) is 90.9 Å². The smallest absolute Gasteiger partial charge is 0.133 e. The number of aromatic nitrogens is 1. The zero-order valence-corrected chi connectivity index (χ0v) is 17.1. The van der Waals surface area contributed by atoms with E-state index in [1.165, 1.54) is 29.5 Å². The molecular formula is C26H27N3O. The Morgan fingerprint density at radius 1 is 0.967 bits per heavy atom. The van der Waals surface area contributed by atoms with Crippen molar-refractivity contribution >= 4 is 11.5 Å². The van der Waals surface area contributed by atoms with Crippen molar-refractivity contribution in [3.8, 4) is 5.75 Å². The number of rotatable bonds is 5. The number of piperidine rings is 1. The van der Waals surface area contributed by atoms with Crippen LogP contribution in [0.2, 0.25) is 0 Å². The van der Waals surface area contributed by atoms with Crippen molar-refractivity contribution in [3.63, 3.8) is 0 Å². The van der Waals surface area contributed by atoms with Gasteiger partial charge in [0.2, 0.25) is 0 Å². The Morgan fingerprint density at radius 2 is 1.77 bits per heavy atom. The Labute approximate surface area is 178 Å². The summed E-state index contributed by atoms with van der Waals surface area (Å²) in [5.41, 5.74) is 6.10. The molecule has 0 amide bonds. The highest BCUT2D eigenvalue weighted by atomic mass is 16.5. The van der Waals surface area contributed by atoms with E-state index in [0.29, 0.717) is 12.5 Å². The molecule has 1 aromatic heterocycles. The van der Waals surface area contributed by atoms with Crippen molar-refractivity contribution in [1.82, 2.24) is 10.3 Å². The SMILES string of the molecule is C1=C(c2ccc(OCc3ccccc3)cc2)Nc2ncc(C3CCNCC3)cc2C1. The first-order chi connectivity index (χ1) is 14.8. The van der Waals surface area contributed by atoms with Crippen LogP contribution in [0.3, 0.4) is 0 Å². The highest BCUT2D eigenvalue weighted by Gasteiger charge is 2.19. The minimum absolute atomic E-state index is 0.581. The number of hydrogen-bond donors (Lipinski definition) is 2. The van der Waals surface area contributed by atoms with Gasteiger partial charge in [-0.2, -0.15) is 0 Å². The third kappa shape index (κ3) is 4.24. The number of nitrogens with zero attached hydrogens (tertiary/aromatic N) is 1. The zero-order valence-electron chi connectivity index (χ0n) is 17.1. The van der Waals surface area contributed by atoms with Crippen LogP contribution >= 0.6 is 0 Å². The van der Waals surface area contributed by atoms with Crippen LogP contribution in [0.25, 0.3) is 5.70 Å². The predicted molar refractivity (Wildman–Crippen MR) is 122 cm³/mol. The largest absolute Gasteiger partial charge is 0.489 e. The molecule has 1 saturated heterocycles. The third-order valence-corrected chi connectivity index (χ3v) is 5.99. The second kappa shape index (κ2) is 8.72. The maximum absolute atomic E-state index is 5.90. The van der Waals surface area contributed by atoms with Gasteiger partial charge in [0, 0.05) is 11.9 Å². The highest BCUT2D eigenvalue weighted by molar-refractivity contribution is 5.79. The summed E-state index contributed by atoms with van der Waals surface area (Å²) in [6.07, 6.45) is 7.64. The molecule has 4 heteroatoms. The molecule has 3 aromatic rings. The summed E-state index contributed by atoms with van der Waals surface area (Å²) in [5, 5.41) is 6.96. The normalized spacial score (nSPS) is 16.3. The van der Waals surface area contributed by atoms with Crippen LogP contribution in [0.5, 0.6) is 5.75 Å². The molecule has 3 heterocycles. The number of fused-ring (bicyclic) bond motifs is 1. The molecule has 5 rings (SSSR count). The quantitative estimate of drug-likeness (QED) is 0.626. The molecule has 1 fully saturated rings. The summed E-state index contributed by atoms with van der Waals surface area (Å²) in [5.74, 6) is 2.50. The number of anilines is 1. The van der Waals surface area contributed by atoms with Crippen molar-refractivity contribution < 1.29 is 4.74 Å². The van der Waals surface area contributed by atoms with E-state index in [-0.39, 0.29) is 0 Å². The second-order valence-corrected chi connectivity index (χ2v) is 8.05. The number of pyridine rings is 1. The molecule has 0 aliphatic carbocycles. The third-order valence-electron chi connectivity index (χ3n) is 5.99. The van der Waals surface area contributed by atoms with E-state index in [4.69, 9.17) is 9.72 Å². The Morgan fingerprint density at radius 3 is 2.57 bits per heavy atom. The predicted octanol–water partition coefficient (Wildman–Crippen LogP) is 5.14. The van der Waals surface area contributed by atoms with Crippen LogP contribution in [0.15, 0.2) is 72.9 Å². The topological polar surface area (TPSA) is 46.2 Å². The molecule has 30 heavy (non-hydrogen) atoms. The first-order valence-corrected chi connectivity index (χ1v) is 10.8. The lowest BCUT2D eigenvalue weighted by Gasteiger charge is -2.25.